The van der Waals surface area contributed by atoms with Crippen LogP contribution >= 0.6 is 0 Å². The molecular formula is C20H41NO5Si. The van der Waals surface area contributed by atoms with E-state index in [0.717, 1.165) is 0 Å². The molecule has 0 spiro atoms. The van der Waals surface area contributed by atoms with Gasteiger partial charge in [-0.1, -0.05) is 27.7 Å². The minimum absolute atomic E-state index is 0.0155. The predicted octanol–water partition coefficient (Wildman–Crippen LogP) is 4.38. The van der Waals surface area contributed by atoms with E-state index in [1.807, 2.05) is 41.5 Å². The molecule has 0 saturated carbocycles. The lowest BCUT2D eigenvalue weighted by atomic mass is 9.98. The summed E-state index contributed by atoms with van der Waals surface area (Å²) in [6, 6.07) is -0.314. The summed E-state index contributed by atoms with van der Waals surface area (Å²) in [6.07, 6.45) is -0.742. The van der Waals surface area contributed by atoms with Crippen molar-refractivity contribution in [2.24, 2.45) is 5.92 Å². The second-order valence-electron chi connectivity index (χ2n) is 10.7. The topological polar surface area (TPSA) is 68.2 Å². The number of rotatable bonds is 5. The largest absolute Gasteiger partial charge is 0.444 e. The minimum atomic E-state index is -2.12. The normalized spacial score (nSPS) is 23.3. The number of carbonyl (C=O) groups excluding carboxylic acids is 1. The molecule has 27 heavy (non-hydrogen) atoms. The summed E-state index contributed by atoms with van der Waals surface area (Å²) in [5.74, 6) is -0.133. The molecule has 0 aromatic carbocycles. The summed E-state index contributed by atoms with van der Waals surface area (Å²) >= 11 is 0. The van der Waals surface area contributed by atoms with Gasteiger partial charge in [-0.25, -0.2) is 4.79 Å². The summed E-state index contributed by atoms with van der Waals surface area (Å²) in [4.78, 5) is 14.6. The molecule has 0 bridgehead atoms. The number of hydrogen-bond acceptors (Lipinski definition) is 5. The first-order valence-corrected chi connectivity index (χ1v) is 12.8. The fraction of sp³-hybridized carbons (Fsp3) is 0.950. The van der Waals surface area contributed by atoms with Crippen molar-refractivity contribution in [1.82, 2.24) is 4.90 Å². The van der Waals surface area contributed by atoms with Crippen LogP contribution < -0.4 is 0 Å². The van der Waals surface area contributed by atoms with Gasteiger partial charge in [0.05, 0.1) is 18.8 Å². The van der Waals surface area contributed by atoms with E-state index in [-0.39, 0.29) is 29.7 Å². The Morgan fingerprint density at radius 3 is 2.19 bits per heavy atom. The molecule has 7 heteroatoms. The second-order valence-corrected chi connectivity index (χ2v) is 15.4. The van der Waals surface area contributed by atoms with Gasteiger partial charge in [-0.2, -0.15) is 0 Å². The Morgan fingerprint density at radius 2 is 1.78 bits per heavy atom. The van der Waals surface area contributed by atoms with Gasteiger partial charge >= 0.3 is 6.09 Å². The van der Waals surface area contributed by atoms with Crippen LogP contribution in [-0.4, -0.2) is 61.1 Å². The third-order valence-electron chi connectivity index (χ3n) is 5.57. The lowest BCUT2D eigenvalue weighted by molar-refractivity contribution is -0.0704. The second kappa shape index (κ2) is 8.01. The number of ether oxygens (including phenoxy) is 2. The Morgan fingerprint density at radius 1 is 1.26 bits per heavy atom. The monoisotopic (exact) mass is 403 g/mol. The van der Waals surface area contributed by atoms with Crippen LogP contribution in [0.25, 0.3) is 0 Å². The standard InChI is InChI=1S/C20H41NO5Si/c1-14(12-22)16(26-27(10,11)19(5,6)7)15-13-24-20(8,9)21(15)17(23)25-18(2,3)4/h14-16,22H,12-13H2,1-11H3/t14-,15+,16+/m0/s1. The van der Waals surface area contributed by atoms with Crippen LogP contribution in [-0.2, 0) is 13.9 Å². The molecule has 1 aliphatic rings. The van der Waals surface area contributed by atoms with E-state index < -0.39 is 25.7 Å². The van der Waals surface area contributed by atoms with Gasteiger partial charge in [-0.15, -0.1) is 0 Å². The Kier molecular flexibility index (Phi) is 7.24. The minimum Gasteiger partial charge on any atom is -0.444 e. The first-order chi connectivity index (χ1) is 11.9. The zero-order valence-electron chi connectivity index (χ0n) is 19.2. The molecule has 0 unspecified atom stereocenters. The third-order valence-corrected chi connectivity index (χ3v) is 10.0. The Labute approximate surface area is 166 Å². The molecule has 0 aromatic rings. The highest BCUT2D eigenvalue weighted by Gasteiger charge is 2.52. The van der Waals surface area contributed by atoms with E-state index >= 15 is 0 Å². The van der Waals surface area contributed by atoms with E-state index in [9.17, 15) is 9.90 Å². The van der Waals surface area contributed by atoms with E-state index in [1.54, 1.807) is 4.90 Å². The summed E-state index contributed by atoms with van der Waals surface area (Å²) in [7, 11) is -2.12. The Hall–Kier alpha value is -0.633. The number of hydrogen-bond donors (Lipinski definition) is 1. The van der Waals surface area contributed by atoms with Crippen LogP contribution in [0.1, 0.15) is 62.3 Å². The maximum Gasteiger partial charge on any atom is 0.412 e. The fourth-order valence-electron chi connectivity index (χ4n) is 2.94. The molecule has 1 rings (SSSR count). The zero-order valence-corrected chi connectivity index (χ0v) is 20.2. The highest BCUT2D eigenvalue weighted by atomic mass is 28.4. The number of amides is 1. The van der Waals surface area contributed by atoms with Crippen LogP contribution in [0.2, 0.25) is 18.1 Å². The number of carbonyl (C=O) groups is 1. The van der Waals surface area contributed by atoms with Crippen molar-refractivity contribution in [2.75, 3.05) is 13.2 Å². The predicted molar refractivity (Wildman–Crippen MR) is 110 cm³/mol. The average molecular weight is 404 g/mol. The smallest absolute Gasteiger partial charge is 0.412 e. The zero-order chi connectivity index (χ0) is 21.4. The maximum atomic E-state index is 13.0. The number of aliphatic hydroxyl groups is 1. The summed E-state index contributed by atoms with van der Waals surface area (Å²) in [6.45, 7) is 22.5. The molecule has 1 fully saturated rings. The van der Waals surface area contributed by atoms with Gasteiger partial charge in [0.2, 0.25) is 0 Å². The van der Waals surface area contributed by atoms with Gasteiger partial charge in [0.25, 0.3) is 0 Å². The van der Waals surface area contributed by atoms with E-state index in [2.05, 4.69) is 33.9 Å². The van der Waals surface area contributed by atoms with Gasteiger partial charge in [-0.3, -0.25) is 4.90 Å². The summed E-state index contributed by atoms with van der Waals surface area (Å²) < 4.78 is 18.3. The van der Waals surface area contributed by atoms with Gasteiger partial charge in [0.15, 0.2) is 8.32 Å². The highest BCUT2D eigenvalue weighted by molar-refractivity contribution is 6.74. The quantitative estimate of drug-likeness (QED) is 0.690. The highest BCUT2D eigenvalue weighted by Crippen LogP contribution is 2.41. The molecule has 160 valence electrons. The molecular weight excluding hydrogens is 362 g/mol. The van der Waals surface area contributed by atoms with Crippen LogP contribution in [0.5, 0.6) is 0 Å². The molecule has 1 saturated heterocycles. The van der Waals surface area contributed by atoms with Crippen molar-refractivity contribution < 1.29 is 23.8 Å². The van der Waals surface area contributed by atoms with E-state index in [1.165, 1.54) is 0 Å². The lowest BCUT2D eigenvalue weighted by Crippen LogP contribution is -2.58. The summed E-state index contributed by atoms with van der Waals surface area (Å²) in [5, 5.41) is 9.89. The molecule has 3 atom stereocenters. The molecule has 0 radical (unpaired) electrons. The molecule has 1 amide bonds. The van der Waals surface area contributed by atoms with Crippen molar-refractivity contribution >= 4 is 14.4 Å². The first-order valence-electron chi connectivity index (χ1n) is 9.88. The van der Waals surface area contributed by atoms with E-state index in [4.69, 9.17) is 13.9 Å². The maximum absolute atomic E-state index is 13.0. The molecule has 1 heterocycles. The van der Waals surface area contributed by atoms with Crippen molar-refractivity contribution in [3.63, 3.8) is 0 Å². The van der Waals surface area contributed by atoms with Crippen LogP contribution in [0.3, 0.4) is 0 Å². The number of nitrogens with zero attached hydrogens (tertiary/aromatic N) is 1. The van der Waals surface area contributed by atoms with E-state index in [0.29, 0.717) is 6.61 Å². The Balaban J connectivity index is 3.24. The van der Waals surface area contributed by atoms with Crippen molar-refractivity contribution in [3.8, 4) is 0 Å². The van der Waals surface area contributed by atoms with Gasteiger partial charge in [0, 0.05) is 12.5 Å². The molecule has 0 aromatic heterocycles. The first kappa shape index (κ1) is 24.4. The van der Waals surface area contributed by atoms with Crippen LogP contribution in [0.4, 0.5) is 4.79 Å². The van der Waals surface area contributed by atoms with Crippen molar-refractivity contribution in [3.05, 3.63) is 0 Å². The molecule has 1 N–H and O–H groups in total. The average Bonchev–Trinajstić information content (AvgIpc) is 2.76. The van der Waals surface area contributed by atoms with Gasteiger partial charge in [-0.05, 0) is 52.8 Å². The van der Waals surface area contributed by atoms with Crippen molar-refractivity contribution in [2.45, 2.75) is 104 Å². The molecule has 0 aliphatic carbocycles. The number of aliphatic hydroxyl groups excluding tert-OH is 1. The van der Waals surface area contributed by atoms with Gasteiger partial charge < -0.3 is 19.0 Å². The van der Waals surface area contributed by atoms with Crippen molar-refractivity contribution in [1.29, 1.82) is 0 Å². The Bertz CT molecular complexity index is 521. The van der Waals surface area contributed by atoms with Crippen LogP contribution in [0.15, 0.2) is 0 Å². The summed E-state index contributed by atoms with van der Waals surface area (Å²) in [5.41, 5.74) is -1.39. The third kappa shape index (κ3) is 5.92. The molecule has 1 aliphatic heterocycles. The lowest BCUT2D eigenvalue weighted by Gasteiger charge is -2.45. The fourth-order valence-corrected chi connectivity index (χ4v) is 4.36. The SMILES string of the molecule is C[C@@H](CO)[C@@H](O[Si](C)(C)C(C)(C)C)[C@H]1COC(C)(C)N1C(=O)OC(C)(C)C. The molecule has 6 nitrogen and oxygen atoms in total. The van der Waals surface area contributed by atoms with Gasteiger partial charge in [0.1, 0.15) is 11.3 Å². The van der Waals surface area contributed by atoms with Crippen LogP contribution in [0, 0.1) is 5.92 Å².